The fourth-order valence-corrected chi connectivity index (χ4v) is 1.45. The standard InChI is InChI=1S/C12H11N3O4/c1-7-9(6-15-19-7)11(16)14-5-8-2-3-10(12(17)18)13-4-8/h2-4,6H,5H2,1H3,(H,14,16)(H,17,18). The lowest BCUT2D eigenvalue weighted by molar-refractivity contribution is 0.0690. The molecular weight excluding hydrogens is 250 g/mol. The summed E-state index contributed by atoms with van der Waals surface area (Å²) >= 11 is 0. The van der Waals surface area contributed by atoms with Gasteiger partial charge in [0.2, 0.25) is 0 Å². The minimum atomic E-state index is -1.09. The van der Waals surface area contributed by atoms with Crippen molar-refractivity contribution in [1.82, 2.24) is 15.5 Å². The van der Waals surface area contributed by atoms with Crippen LogP contribution in [0, 0.1) is 6.92 Å². The Morgan fingerprint density at radius 3 is 2.68 bits per heavy atom. The maximum atomic E-state index is 11.7. The molecule has 0 saturated carbocycles. The zero-order chi connectivity index (χ0) is 13.8. The van der Waals surface area contributed by atoms with E-state index in [-0.39, 0.29) is 18.1 Å². The largest absolute Gasteiger partial charge is 0.477 e. The Kier molecular flexibility index (Phi) is 3.56. The van der Waals surface area contributed by atoms with Crippen LogP contribution in [-0.4, -0.2) is 27.1 Å². The summed E-state index contributed by atoms with van der Waals surface area (Å²) in [5, 5.41) is 14.9. The predicted molar refractivity (Wildman–Crippen MR) is 63.6 cm³/mol. The molecule has 0 aliphatic carbocycles. The molecule has 0 aromatic carbocycles. The van der Waals surface area contributed by atoms with E-state index in [0.717, 1.165) is 0 Å². The molecule has 0 spiro atoms. The Bertz CT molecular complexity index is 604. The van der Waals surface area contributed by atoms with Gasteiger partial charge >= 0.3 is 5.97 Å². The number of carboxylic acid groups (broad SMARTS) is 1. The van der Waals surface area contributed by atoms with E-state index in [9.17, 15) is 9.59 Å². The monoisotopic (exact) mass is 261 g/mol. The van der Waals surface area contributed by atoms with Gasteiger partial charge in [0.05, 0.1) is 6.20 Å². The van der Waals surface area contributed by atoms with Crippen LogP contribution in [0.5, 0.6) is 0 Å². The number of hydrogen-bond acceptors (Lipinski definition) is 5. The molecule has 2 aromatic heterocycles. The van der Waals surface area contributed by atoms with Crippen molar-refractivity contribution in [3.63, 3.8) is 0 Å². The van der Waals surface area contributed by atoms with E-state index in [0.29, 0.717) is 16.9 Å². The maximum Gasteiger partial charge on any atom is 0.354 e. The number of carbonyl (C=O) groups is 2. The van der Waals surface area contributed by atoms with Crippen molar-refractivity contribution in [1.29, 1.82) is 0 Å². The van der Waals surface area contributed by atoms with Crippen LogP contribution in [-0.2, 0) is 6.54 Å². The van der Waals surface area contributed by atoms with Crippen molar-refractivity contribution in [2.45, 2.75) is 13.5 Å². The average Bonchev–Trinajstić information content (AvgIpc) is 2.83. The normalized spacial score (nSPS) is 10.2. The van der Waals surface area contributed by atoms with Gasteiger partial charge in [0.15, 0.2) is 0 Å². The number of carboxylic acids is 1. The molecule has 0 fully saturated rings. The Morgan fingerprint density at radius 2 is 2.16 bits per heavy atom. The fourth-order valence-electron chi connectivity index (χ4n) is 1.45. The fraction of sp³-hybridized carbons (Fsp3) is 0.167. The molecule has 98 valence electrons. The van der Waals surface area contributed by atoms with E-state index in [1.807, 2.05) is 0 Å². The van der Waals surface area contributed by atoms with E-state index in [4.69, 9.17) is 9.63 Å². The highest BCUT2D eigenvalue weighted by Crippen LogP contribution is 2.06. The lowest BCUT2D eigenvalue weighted by atomic mass is 10.2. The highest BCUT2D eigenvalue weighted by atomic mass is 16.5. The quantitative estimate of drug-likeness (QED) is 0.850. The van der Waals surface area contributed by atoms with E-state index >= 15 is 0 Å². The lowest BCUT2D eigenvalue weighted by Crippen LogP contribution is -2.23. The van der Waals surface area contributed by atoms with Gasteiger partial charge in [-0.15, -0.1) is 0 Å². The second kappa shape index (κ2) is 5.30. The third-order valence-electron chi connectivity index (χ3n) is 2.49. The predicted octanol–water partition coefficient (Wildman–Crippen LogP) is 1.01. The Hall–Kier alpha value is -2.70. The Labute approximate surface area is 108 Å². The zero-order valence-electron chi connectivity index (χ0n) is 10.1. The molecule has 0 bridgehead atoms. The molecule has 7 nitrogen and oxygen atoms in total. The van der Waals surface area contributed by atoms with Crippen molar-refractivity contribution in [3.05, 3.63) is 47.1 Å². The van der Waals surface area contributed by atoms with Gasteiger partial charge in [-0.1, -0.05) is 11.2 Å². The first-order chi connectivity index (χ1) is 9.08. The summed E-state index contributed by atoms with van der Waals surface area (Å²) < 4.78 is 4.79. The number of aryl methyl sites for hydroxylation is 1. The van der Waals surface area contributed by atoms with E-state index < -0.39 is 5.97 Å². The maximum absolute atomic E-state index is 11.7. The summed E-state index contributed by atoms with van der Waals surface area (Å²) in [7, 11) is 0. The molecule has 0 aliphatic rings. The first kappa shape index (κ1) is 12.7. The molecule has 2 rings (SSSR count). The molecule has 0 aliphatic heterocycles. The SMILES string of the molecule is Cc1oncc1C(=O)NCc1ccc(C(=O)O)nc1. The summed E-state index contributed by atoms with van der Waals surface area (Å²) in [6.45, 7) is 1.89. The molecule has 2 aromatic rings. The van der Waals surface area contributed by atoms with Crippen LogP contribution in [0.4, 0.5) is 0 Å². The molecule has 7 heteroatoms. The van der Waals surface area contributed by atoms with Gasteiger partial charge in [-0.2, -0.15) is 0 Å². The van der Waals surface area contributed by atoms with Gasteiger partial charge in [-0.05, 0) is 18.6 Å². The molecule has 0 saturated heterocycles. The van der Waals surface area contributed by atoms with Crippen molar-refractivity contribution >= 4 is 11.9 Å². The summed E-state index contributed by atoms with van der Waals surface area (Å²) in [4.78, 5) is 26.1. The van der Waals surface area contributed by atoms with Gasteiger partial charge in [0.25, 0.3) is 5.91 Å². The molecule has 0 atom stereocenters. The Balaban J connectivity index is 1.97. The van der Waals surface area contributed by atoms with Crippen LogP contribution in [0.15, 0.2) is 29.0 Å². The van der Waals surface area contributed by atoms with Crippen molar-refractivity contribution < 1.29 is 19.2 Å². The zero-order valence-corrected chi connectivity index (χ0v) is 10.1. The third-order valence-corrected chi connectivity index (χ3v) is 2.49. The second-order valence-electron chi connectivity index (χ2n) is 3.84. The summed E-state index contributed by atoms with van der Waals surface area (Å²) in [5.41, 5.74) is 1.03. The minimum absolute atomic E-state index is 0.0371. The smallest absolute Gasteiger partial charge is 0.354 e. The number of hydrogen-bond donors (Lipinski definition) is 2. The van der Waals surface area contributed by atoms with Crippen molar-refractivity contribution in [2.75, 3.05) is 0 Å². The van der Waals surface area contributed by atoms with Crippen LogP contribution in [0.25, 0.3) is 0 Å². The summed E-state index contributed by atoms with van der Waals surface area (Å²) in [6, 6.07) is 2.98. The summed E-state index contributed by atoms with van der Waals surface area (Å²) in [5.74, 6) is -0.950. The third kappa shape index (κ3) is 2.95. The van der Waals surface area contributed by atoms with E-state index in [2.05, 4.69) is 15.5 Å². The van der Waals surface area contributed by atoms with Gasteiger partial charge in [0.1, 0.15) is 17.0 Å². The summed E-state index contributed by atoms with van der Waals surface area (Å²) in [6.07, 6.45) is 2.75. The lowest BCUT2D eigenvalue weighted by Gasteiger charge is -2.04. The van der Waals surface area contributed by atoms with Gasteiger partial charge in [-0.3, -0.25) is 4.79 Å². The van der Waals surface area contributed by atoms with Gasteiger partial charge < -0.3 is 14.9 Å². The highest BCUT2D eigenvalue weighted by Gasteiger charge is 2.12. The van der Waals surface area contributed by atoms with Crippen LogP contribution < -0.4 is 5.32 Å². The van der Waals surface area contributed by atoms with E-state index in [1.54, 1.807) is 13.0 Å². The van der Waals surface area contributed by atoms with Crippen LogP contribution in [0.2, 0.25) is 0 Å². The number of aromatic nitrogens is 2. The average molecular weight is 261 g/mol. The molecule has 19 heavy (non-hydrogen) atoms. The number of rotatable bonds is 4. The van der Waals surface area contributed by atoms with E-state index in [1.165, 1.54) is 18.5 Å². The van der Waals surface area contributed by atoms with Crippen LogP contribution in [0.1, 0.15) is 32.2 Å². The van der Waals surface area contributed by atoms with Crippen molar-refractivity contribution in [3.8, 4) is 0 Å². The molecular formula is C12H11N3O4. The number of nitrogens with zero attached hydrogens (tertiary/aromatic N) is 2. The highest BCUT2D eigenvalue weighted by molar-refractivity contribution is 5.94. The van der Waals surface area contributed by atoms with Crippen LogP contribution in [0.3, 0.4) is 0 Å². The molecule has 1 amide bonds. The number of pyridine rings is 1. The first-order valence-corrected chi connectivity index (χ1v) is 5.45. The van der Waals surface area contributed by atoms with Gasteiger partial charge in [-0.25, -0.2) is 9.78 Å². The topological polar surface area (TPSA) is 105 Å². The molecule has 2 N–H and O–H groups in total. The second-order valence-corrected chi connectivity index (χ2v) is 3.84. The van der Waals surface area contributed by atoms with Crippen molar-refractivity contribution in [2.24, 2.45) is 0 Å². The Morgan fingerprint density at radius 1 is 1.37 bits per heavy atom. The molecule has 0 radical (unpaired) electrons. The van der Waals surface area contributed by atoms with Gasteiger partial charge in [0, 0.05) is 12.7 Å². The number of carbonyl (C=O) groups excluding carboxylic acids is 1. The first-order valence-electron chi connectivity index (χ1n) is 5.45. The van der Waals surface area contributed by atoms with Crippen LogP contribution >= 0.6 is 0 Å². The molecule has 0 unspecified atom stereocenters. The molecule has 2 heterocycles. The number of nitrogens with one attached hydrogen (secondary N) is 1. The minimum Gasteiger partial charge on any atom is -0.477 e. The number of amides is 1. The number of aromatic carboxylic acids is 1.